The van der Waals surface area contributed by atoms with E-state index in [2.05, 4.69) is 16.0 Å². The zero-order valence-electron chi connectivity index (χ0n) is 16.9. The number of rotatable bonds is 7. The van der Waals surface area contributed by atoms with Gasteiger partial charge in [-0.1, -0.05) is 12.1 Å². The van der Waals surface area contributed by atoms with Gasteiger partial charge in [0.2, 0.25) is 11.8 Å². The van der Waals surface area contributed by atoms with E-state index in [1.54, 1.807) is 11.3 Å². The molecule has 2 amide bonds. The highest BCUT2D eigenvalue weighted by Gasteiger charge is 2.22. The molecule has 1 saturated heterocycles. The van der Waals surface area contributed by atoms with Crippen molar-refractivity contribution in [2.24, 2.45) is 0 Å². The van der Waals surface area contributed by atoms with Crippen LogP contribution in [0.2, 0.25) is 0 Å². The number of likely N-dealkylation sites (N-methyl/N-ethyl adjacent to an activating group) is 1. The minimum absolute atomic E-state index is 0.181. The molecule has 0 saturated carbocycles. The Kier molecular flexibility index (Phi) is 7.39. The standard InChI is InChI=1S/C21H30N4O2S/c1-3-24(4-2)21(27)16-23-12-7-13-25(15-14-23)20(26)11-10-19-22-17-8-5-6-9-18(17)28-19/h5-6,8-9H,3-4,7,10-16H2,1-2H3. The predicted molar refractivity (Wildman–Crippen MR) is 114 cm³/mol. The Balaban J connectivity index is 1.47. The molecule has 1 aromatic carbocycles. The van der Waals surface area contributed by atoms with Crippen molar-refractivity contribution in [2.75, 3.05) is 45.8 Å². The monoisotopic (exact) mass is 402 g/mol. The second-order valence-electron chi connectivity index (χ2n) is 7.15. The number of amides is 2. The number of para-hydroxylation sites is 1. The van der Waals surface area contributed by atoms with Gasteiger partial charge in [0.25, 0.3) is 0 Å². The van der Waals surface area contributed by atoms with E-state index in [4.69, 9.17) is 0 Å². The fraction of sp³-hybridized carbons (Fsp3) is 0.571. The van der Waals surface area contributed by atoms with Gasteiger partial charge in [0.15, 0.2) is 0 Å². The number of benzene rings is 1. The molecular weight excluding hydrogens is 372 g/mol. The highest BCUT2D eigenvalue weighted by Crippen LogP contribution is 2.22. The van der Waals surface area contributed by atoms with Crippen LogP contribution in [-0.2, 0) is 16.0 Å². The second kappa shape index (κ2) is 9.98. The summed E-state index contributed by atoms with van der Waals surface area (Å²) in [5, 5.41) is 1.02. The maximum absolute atomic E-state index is 12.7. The van der Waals surface area contributed by atoms with Crippen LogP contribution in [0.4, 0.5) is 0 Å². The van der Waals surface area contributed by atoms with E-state index in [9.17, 15) is 9.59 Å². The van der Waals surface area contributed by atoms with Crippen molar-refractivity contribution in [3.63, 3.8) is 0 Å². The molecule has 0 bridgehead atoms. The maximum atomic E-state index is 12.7. The normalized spacial score (nSPS) is 15.6. The summed E-state index contributed by atoms with van der Waals surface area (Å²) in [6.07, 6.45) is 2.11. The number of aryl methyl sites for hydroxylation is 1. The summed E-state index contributed by atoms with van der Waals surface area (Å²) < 4.78 is 1.17. The summed E-state index contributed by atoms with van der Waals surface area (Å²) in [6, 6.07) is 8.09. The Hall–Kier alpha value is -1.99. The third-order valence-electron chi connectivity index (χ3n) is 5.31. The molecule has 2 aromatic rings. The van der Waals surface area contributed by atoms with Crippen LogP contribution in [0.1, 0.15) is 31.7 Å². The third-order valence-corrected chi connectivity index (χ3v) is 6.40. The molecule has 0 N–H and O–H groups in total. The molecule has 0 unspecified atom stereocenters. The molecule has 0 spiro atoms. The van der Waals surface area contributed by atoms with Crippen molar-refractivity contribution in [2.45, 2.75) is 33.1 Å². The van der Waals surface area contributed by atoms with Crippen molar-refractivity contribution >= 4 is 33.4 Å². The SMILES string of the molecule is CCN(CC)C(=O)CN1CCCN(C(=O)CCc2nc3ccccc3s2)CC1. The molecule has 2 heterocycles. The van der Waals surface area contributed by atoms with E-state index in [0.29, 0.717) is 25.9 Å². The van der Waals surface area contributed by atoms with Gasteiger partial charge < -0.3 is 9.80 Å². The van der Waals surface area contributed by atoms with Crippen LogP contribution in [0.25, 0.3) is 10.2 Å². The molecule has 28 heavy (non-hydrogen) atoms. The summed E-state index contributed by atoms with van der Waals surface area (Å²) in [7, 11) is 0. The third kappa shape index (κ3) is 5.29. The lowest BCUT2D eigenvalue weighted by molar-refractivity contribution is -0.132. The summed E-state index contributed by atoms with van der Waals surface area (Å²) in [5.74, 6) is 0.372. The van der Waals surface area contributed by atoms with E-state index in [-0.39, 0.29) is 11.8 Å². The van der Waals surface area contributed by atoms with Gasteiger partial charge in [-0.3, -0.25) is 14.5 Å². The largest absolute Gasteiger partial charge is 0.342 e. The zero-order valence-corrected chi connectivity index (χ0v) is 17.7. The van der Waals surface area contributed by atoms with Gasteiger partial charge >= 0.3 is 0 Å². The molecule has 7 heteroatoms. The smallest absolute Gasteiger partial charge is 0.236 e. The molecule has 1 aliphatic rings. The van der Waals surface area contributed by atoms with Gasteiger partial charge in [-0.15, -0.1) is 11.3 Å². The summed E-state index contributed by atoms with van der Waals surface area (Å²) >= 11 is 1.67. The number of hydrogen-bond donors (Lipinski definition) is 0. The van der Waals surface area contributed by atoms with Crippen molar-refractivity contribution in [3.8, 4) is 0 Å². The van der Waals surface area contributed by atoms with E-state index in [1.165, 1.54) is 4.70 Å². The van der Waals surface area contributed by atoms with E-state index in [0.717, 1.165) is 49.7 Å². The highest BCUT2D eigenvalue weighted by atomic mass is 32.1. The summed E-state index contributed by atoms with van der Waals surface area (Å²) in [5.41, 5.74) is 1.01. The molecule has 1 aliphatic heterocycles. The van der Waals surface area contributed by atoms with Crippen LogP contribution in [0.5, 0.6) is 0 Å². The van der Waals surface area contributed by atoms with Gasteiger partial charge in [0.1, 0.15) is 0 Å². The first-order valence-electron chi connectivity index (χ1n) is 10.2. The fourth-order valence-corrected chi connectivity index (χ4v) is 4.61. The number of carbonyl (C=O) groups excluding carboxylic acids is 2. The lowest BCUT2D eigenvalue weighted by Crippen LogP contribution is -2.42. The van der Waals surface area contributed by atoms with Gasteiger partial charge in [-0.05, 0) is 32.4 Å². The number of aromatic nitrogens is 1. The van der Waals surface area contributed by atoms with E-state index in [1.807, 2.05) is 41.8 Å². The second-order valence-corrected chi connectivity index (χ2v) is 8.27. The molecule has 0 radical (unpaired) electrons. The predicted octanol–water partition coefficient (Wildman–Crippen LogP) is 2.63. The summed E-state index contributed by atoms with van der Waals surface area (Å²) in [6.45, 7) is 9.08. The quantitative estimate of drug-likeness (QED) is 0.714. The zero-order chi connectivity index (χ0) is 19.9. The van der Waals surface area contributed by atoms with Crippen LogP contribution in [0.3, 0.4) is 0 Å². The highest BCUT2D eigenvalue weighted by molar-refractivity contribution is 7.18. The van der Waals surface area contributed by atoms with Crippen LogP contribution < -0.4 is 0 Å². The first-order chi connectivity index (χ1) is 13.6. The van der Waals surface area contributed by atoms with Crippen LogP contribution in [0.15, 0.2) is 24.3 Å². The lowest BCUT2D eigenvalue weighted by Gasteiger charge is -2.25. The molecule has 3 rings (SSSR count). The number of carbonyl (C=O) groups is 2. The molecule has 0 aliphatic carbocycles. The number of nitrogens with zero attached hydrogens (tertiary/aromatic N) is 4. The van der Waals surface area contributed by atoms with Gasteiger partial charge in [-0.2, -0.15) is 0 Å². The average Bonchev–Trinajstić information content (AvgIpc) is 2.98. The number of fused-ring (bicyclic) bond motifs is 1. The van der Waals surface area contributed by atoms with Crippen molar-refractivity contribution in [3.05, 3.63) is 29.3 Å². The summed E-state index contributed by atoms with van der Waals surface area (Å²) in [4.78, 5) is 35.6. The Labute approximate surface area is 171 Å². The molecule has 6 nitrogen and oxygen atoms in total. The van der Waals surface area contributed by atoms with Crippen LogP contribution in [-0.4, -0.2) is 77.3 Å². The molecular formula is C21H30N4O2S. The number of thiazole rings is 1. The topological polar surface area (TPSA) is 56.8 Å². The first kappa shape index (κ1) is 20.7. The van der Waals surface area contributed by atoms with Gasteiger partial charge in [-0.25, -0.2) is 4.98 Å². The first-order valence-corrected chi connectivity index (χ1v) is 11.0. The fourth-order valence-electron chi connectivity index (χ4n) is 3.64. The molecule has 1 fully saturated rings. The minimum atomic E-state index is 0.181. The average molecular weight is 403 g/mol. The minimum Gasteiger partial charge on any atom is -0.342 e. The van der Waals surface area contributed by atoms with Gasteiger partial charge in [0, 0.05) is 52.1 Å². The molecule has 152 valence electrons. The van der Waals surface area contributed by atoms with Gasteiger partial charge in [0.05, 0.1) is 21.8 Å². The van der Waals surface area contributed by atoms with E-state index >= 15 is 0 Å². The Morgan fingerprint density at radius 2 is 1.89 bits per heavy atom. The maximum Gasteiger partial charge on any atom is 0.236 e. The lowest BCUT2D eigenvalue weighted by atomic mass is 10.2. The van der Waals surface area contributed by atoms with Crippen molar-refractivity contribution < 1.29 is 9.59 Å². The molecule has 1 aromatic heterocycles. The van der Waals surface area contributed by atoms with E-state index < -0.39 is 0 Å². The Morgan fingerprint density at radius 1 is 1.11 bits per heavy atom. The van der Waals surface area contributed by atoms with Crippen molar-refractivity contribution in [1.82, 2.24) is 19.7 Å². The Morgan fingerprint density at radius 3 is 2.64 bits per heavy atom. The van der Waals surface area contributed by atoms with Crippen LogP contribution in [0, 0.1) is 0 Å². The van der Waals surface area contributed by atoms with Crippen molar-refractivity contribution in [1.29, 1.82) is 0 Å². The Bertz CT molecular complexity index is 770. The van der Waals surface area contributed by atoms with Crippen LogP contribution >= 0.6 is 11.3 Å². The molecule has 0 atom stereocenters. The number of hydrogen-bond acceptors (Lipinski definition) is 5.